The molecular weight excluding hydrogens is 394 g/mol. The first-order valence-electron chi connectivity index (χ1n) is 8.67. The van der Waals surface area contributed by atoms with Crippen LogP contribution in [0.15, 0.2) is 52.2 Å². The number of aryl methyl sites for hydroxylation is 1. The van der Waals surface area contributed by atoms with Crippen molar-refractivity contribution in [3.05, 3.63) is 63.9 Å². The van der Waals surface area contributed by atoms with Crippen LogP contribution >= 0.6 is 0 Å². The zero-order valence-electron chi connectivity index (χ0n) is 16.4. The lowest BCUT2D eigenvalue weighted by Crippen LogP contribution is -2.16. The van der Waals surface area contributed by atoms with Crippen LogP contribution in [0.1, 0.15) is 11.1 Å². The minimum atomic E-state index is -3.93. The highest BCUT2D eigenvalue weighted by Crippen LogP contribution is 2.33. The van der Waals surface area contributed by atoms with Gasteiger partial charge < -0.3 is 9.47 Å². The summed E-state index contributed by atoms with van der Waals surface area (Å²) >= 11 is 0. The third-order valence-corrected chi connectivity index (χ3v) is 6.03. The number of sulfonamides is 1. The van der Waals surface area contributed by atoms with Crippen LogP contribution in [0.4, 0.5) is 5.69 Å². The lowest BCUT2D eigenvalue weighted by atomic mass is 10.0. The predicted molar refractivity (Wildman–Crippen MR) is 110 cm³/mol. The topological polar surface area (TPSA) is 110 Å². The molecule has 0 atom stereocenters. The summed E-state index contributed by atoms with van der Waals surface area (Å²) in [6, 6.07) is 11.0. The minimum Gasteiger partial charge on any atom is -0.497 e. The molecule has 1 heterocycles. The molecule has 1 aromatic heterocycles. The lowest BCUT2D eigenvalue weighted by molar-refractivity contribution is 0.395. The first kappa shape index (κ1) is 20.4. The molecule has 0 aliphatic heterocycles. The number of methoxy groups -OCH3 is 2. The molecule has 8 nitrogen and oxygen atoms in total. The number of ether oxygens (including phenoxy) is 2. The van der Waals surface area contributed by atoms with E-state index in [0.717, 1.165) is 5.56 Å². The normalized spacial score (nSPS) is 11.2. The van der Waals surface area contributed by atoms with E-state index in [2.05, 4.69) is 14.9 Å². The SMILES string of the molecule is COc1ccc(NS(=O)(=O)c2cc(-c3ccc(=O)[nH]n3)cc(C)c2C)c(OC)c1. The van der Waals surface area contributed by atoms with E-state index in [0.29, 0.717) is 28.3 Å². The summed E-state index contributed by atoms with van der Waals surface area (Å²) in [5.74, 6) is 0.878. The molecule has 0 saturated carbocycles. The molecule has 0 bridgehead atoms. The molecule has 0 fully saturated rings. The van der Waals surface area contributed by atoms with E-state index in [4.69, 9.17) is 9.47 Å². The molecular formula is C20H21N3O5S. The zero-order valence-corrected chi connectivity index (χ0v) is 17.3. The van der Waals surface area contributed by atoms with Gasteiger partial charge in [-0.2, -0.15) is 5.10 Å². The van der Waals surface area contributed by atoms with Gasteiger partial charge in [-0.15, -0.1) is 0 Å². The molecule has 0 spiro atoms. The van der Waals surface area contributed by atoms with E-state index in [1.807, 2.05) is 13.0 Å². The highest BCUT2D eigenvalue weighted by Gasteiger charge is 2.21. The van der Waals surface area contributed by atoms with E-state index in [1.54, 1.807) is 31.2 Å². The molecule has 0 unspecified atom stereocenters. The smallest absolute Gasteiger partial charge is 0.264 e. The number of benzene rings is 2. The summed E-state index contributed by atoms with van der Waals surface area (Å²) < 4.78 is 39.3. The van der Waals surface area contributed by atoms with Crippen LogP contribution in [0.5, 0.6) is 11.5 Å². The first-order valence-corrected chi connectivity index (χ1v) is 10.2. The second-order valence-electron chi connectivity index (χ2n) is 6.39. The van der Waals surface area contributed by atoms with Gasteiger partial charge in [0.05, 0.1) is 30.5 Å². The van der Waals surface area contributed by atoms with Crippen molar-refractivity contribution in [1.29, 1.82) is 0 Å². The molecule has 0 aliphatic carbocycles. The largest absolute Gasteiger partial charge is 0.497 e. The Kier molecular flexibility index (Phi) is 5.60. The zero-order chi connectivity index (χ0) is 21.2. The van der Waals surface area contributed by atoms with Gasteiger partial charge in [-0.05, 0) is 55.3 Å². The maximum atomic E-state index is 13.2. The Morgan fingerprint density at radius 1 is 1.00 bits per heavy atom. The second kappa shape index (κ2) is 7.96. The predicted octanol–water partition coefficient (Wildman–Crippen LogP) is 2.87. The van der Waals surface area contributed by atoms with Crippen LogP contribution in [-0.2, 0) is 10.0 Å². The third-order valence-electron chi connectivity index (χ3n) is 4.54. The summed E-state index contributed by atoms with van der Waals surface area (Å²) in [6.07, 6.45) is 0. The molecule has 0 radical (unpaired) electrons. The molecule has 2 N–H and O–H groups in total. The number of anilines is 1. The average Bonchev–Trinajstić information content (AvgIpc) is 2.70. The van der Waals surface area contributed by atoms with Gasteiger partial charge in [-0.3, -0.25) is 9.52 Å². The van der Waals surface area contributed by atoms with Crippen LogP contribution in [0.3, 0.4) is 0 Å². The van der Waals surface area contributed by atoms with E-state index < -0.39 is 10.0 Å². The highest BCUT2D eigenvalue weighted by atomic mass is 32.2. The fourth-order valence-corrected chi connectivity index (χ4v) is 4.26. The van der Waals surface area contributed by atoms with Crippen molar-refractivity contribution in [1.82, 2.24) is 10.2 Å². The standard InChI is InChI=1S/C20H21N3O5S/c1-12-9-14(16-7-8-20(24)22-21-16)10-19(13(12)2)29(25,26)23-17-6-5-15(27-3)11-18(17)28-4/h5-11,23H,1-4H3,(H,22,24). The summed E-state index contributed by atoms with van der Waals surface area (Å²) in [5.41, 5.74) is 2.38. The number of rotatable bonds is 6. The average molecular weight is 415 g/mol. The van der Waals surface area contributed by atoms with Gasteiger partial charge in [0.25, 0.3) is 15.6 Å². The van der Waals surface area contributed by atoms with Crippen LogP contribution in [-0.4, -0.2) is 32.8 Å². The van der Waals surface area contributed by atoms with E-state index in [9.17, 15) is 13.2 Å². The maximum absolute atomic E-state index is 13.2. The second-order valence-corrected chi connectivity index (χ2v) is 8.05. The molecule has 0 amide bonds. The van der Waals surface area contributed by atoms with Crippen molar-refractivity contribution >= 4 is 15.7 Å². The molecule has 29 heavy (non-hydrogen) atoms. The Morgan fingerprint density at radius 3 is 2.38 bits per heavy atom. The molecule has 3 rings (SSSR count). The molecule has 0 aliphatic rings. The molecule has 3 aromatic rings. The van der Waals surface area contributed by atoms with Crippen molar-refractivity contribution in [2.24, 2.45) is 0 Å². The summed E-state index contributed by atoms with van der Waals surface area (Å²) in [4.78, 5) is 11.4. The van der Waals surface area contributed by atoms with Gasteiger partial charge >= 0.3 is 0 Å². The van der Waals surface area contributed by atoms with Gasteiger partial charge in [0.15, 0.2) is 0 Å². The highest BCUT2D eigenvalue weighted by molar-refractivity contribution is 7.92. The molecule has 0 saturated heterocycles. The van der Waals surface area contributed by atoms with Crippen LogP contribution in [0, 0.1) is 13.8 Å². The summed E-state index contributed by atoms with van der Waals surface area (Å²) in [5, 5.41) is 6.34. The molecule has 9 heteroatoms. The number of hydrogen-bond acceptors (Lipinski definition) is 6. The van der Waals surface area contributed by atoms with Gasteiger partial charge in [-0.1, -0.05) is 0 Å². The van der Waals surface area contributed by atoms with Gasteiger partial charge in [0.1, 0.15) is 11.5 Å². The number of H-pyrrole nitrogens is 1. The van der Waals surface area contributed by atoms with Crippen molar-refractivity contribution in [3.8, 4) is 22.8 Å². The molecule has 152 valence electrons. The van der Waals surface area contributed by atoms with E-state index in [1.165, 1.54) is 26.4 Å². The Hall–Kier alpha value is -3.33. The summed E-state index contributed by atoms with van der Waals surface area (Å²) in [7, 11) is -0.964. The quantitative estimate of drug-likeness (QED) is 0.641. The maximum Gasteiger partial charge on any atom is 0.264 e. The number of nitrogens with zero attached hydrogens (tertiary/aromatic N) is 1. The van der Waals surface area contributed by atoms with Crippen LogP contribution in [0.2, 0.25) is 0 Å². The van der Waals surface area contributed by atoms with E-state index in [-0.39, 0.29) is 16.1 Å². The van der Waals surface area contributed by atoms with Gasteiger partial charge in [0.2, 0.25) is 0 Å². The number of aromatic nitrogens is 2. The van der Waals surface area contributed by atoms with Crippen molar-refractivity contribution in [2.45, 2.75) is 18.7 Å². The Labute approximate surface area is 168 Å². The minimum absolute atomic E-state index is 0.110. The monoisotopic (exact) mass is 415 g/mol. The summed E-state index contributed by atoms with van der Waals surface area (Å²) in [6.45, 7) is 3.55. The Morgan fingerprint density at radius 2 is 1.76 bits per heavy atom. The fourth-order valence-electron chi connectivity index (χ4n) is 2.84. The fraction of sp³-hybridized carbons (Fsp3) is 0.200. The first-order chi connectivity index (χ1) is 13.7. The van der Waals surface area contributed by atoms with Gasteiger partial charge in [0, 0.05) is 17.7 Å². The number of nitrogens with one attached hydrogen (secondary N) is 2. The lowest BCUT2D eigenvalue weighted by Gasteiger charge is -2.16. The third kappa shape index (κ3) is 4.24. The van der Waals surface area contributed by atoms with Gasteiger partial charge in [-0.25, -0.2) is 13.5 Å². The van der Waals surface area contributed by atoms with Crippen molar-refractivity contribution in [3.63, 3.8) is 0 Å². The molecule has 2 aromatic carbocycles. The van der Waals surface area contributed by atoms with Crippen LogP contribution < -0.4 is 19.8 Å². The Bertz CT molecular complexity index is 1200. The Balaban J connectivity index is 2.07. The van der Waals surface area contributed by atoms with Crippen molar-refractivity contribution < 1.29 is 17.9 Å². The number of aromatic amines is 1. The van der Waals surface area contributed by atoms with Crippen molar-refractivity contribution in [2.75, 3.05) is 18.9 Å². The number of hydrogen-bond donors (Lipinski definition) is 2. The van der Waals surface area contributed by atoms with E-state index >= 15 is 0 Å². The van der Waals surface area contributed by atoms with Crippen LogP contribution in [0.25, 0.3) is 11.3 Å².